The van der Waals surface area contributed by atoms with Crippen molar-refractivity contribution in [3.8, 4) is 11.3 Å². The van der Waals surface area contributed by atoms with Crippen LogP contribution in [-0.2, 0) is 16.6 Å². The number of nitrogens with zero attached hydrogens (tertiary/aromatic N) is 5. The van der Waals surface area contributed by atoms with Gasteiger partial charge in [0, 0.05) is 63.6 Å². The van der Waals surface area contributed by atoms with E-state index in [9.17, 15) is 14.0 Å². The first kappa shape index (κ1) is 21.9. The molecule has 1 saturated heterocycles. The molecule has 168 valence electrons. The molecule has 0 bridgehead atoms. The molecule has 2 atom stereocenters. The van der Waals surface area contributed by atoms with Gasteiger partial charge in [0.2, 0.25) is 11.9 Å². The largest absolute Gasteiger partial charge is 0.374 e. The van der Waals surface area contributed by atoms with Gasteiger partial charge in [-0.25, -0.2) is 9.37 Å². The topological polar surface area (TPSA) is 80.6 Å². The van der Waals surface area contributed by atoms with Crippen molar-refractivity contribution in [3.63, 3.8) is 0 Å². The molecule has 4 rings (SSSR count). The number of rotatable bonds is 4. The molecule has 0 radical (unpaired) electrons. The van der Waals surface area contributed by atoms with Crippen LogP contribution in [0, 0.1) is 11.7 Å². The molecule has 8 nitrogen and oxygen atoms in total. The lowest BCUT2D eigenvalue weighted by molar-refractivity contribution is -0.125. The van der Waals surface area contributed by atoms with Gasteiger partial charge in [-0.3, -0.25) is 19.1 Å². The highest BCUT2D eigenvalue weighted by molar-refractivity contribution is 5.75. The number of carbonyl (C=O) groups excluding carboxylic acids is 1. The van der Waals surface area contributed by atoms with Crippen LogP contribution >= 0.6 is 0 Å². The number of carbonyl (C=O) groups is 1. The van der Waals surface area contributed by atoms with Crippen molar-refractivity contribution in [1.82, 2.24) is 19.4 Å². The maximum Gasteiger partial charge on any atom is 0.255 e. The molecule has 0 saturated carbocycles. The second kappa shape index (κ2) is 9.04. The van der Waals surface area contributed by atoms with Crippen LogP contribution in [0.15, 0.2) is 53.2 Å². The number of amides is 1. The van der Waals surface area contributed by atoms with Gasteiger partial charge in [0.05, 0.1) is 24.6 Å². The standard InChI is InChI=1S/C23H26FN5O3/c1-15(30)27(2)17-6-4-16(5-7-17)21-14-29(10-11-32-21)23-26-20(12-22(31)28(23)3)18-8-9-25-13-19(18)24/h4,6-9,12-13,16,21H,5,10-11,14H2,1-3H3/t16?,21-/m1/s1. The Bertz CT molecular complexity index is 1140. The third kappa shape index (κ3) is 4.34. The molecule has 0 spiro atoms. The molecular weight excluding hydrogens is 413 g/mol. The number of aromatic nitrogens is 3. The highest BCUT2D eigenvalue weighted by Gasteiger charge is 2.30. The van der Waals surface area contributed by atoms with E-state index in [1.54, 1.807) is 19.0 Å². The number of anilines is 1. The number of hydrogen-bond donors (Lipinski definition) is 0. The zero-order valence-corrected chi connectivity index (χ0v) is 18.4. The van der Waals surface area contributed by atoms with Gasteiger partial charge in [-0.1, -0.05) is 12.2 Å². The second-order valence-electron chi connectivity index (χ2n) is 8.02. The lowest BCUT2D eigenvalue weighted by Crippen LogP contribution is -2.47. The fourth-order valence-electron chi connectivity index (χ4n) is 3.98. The van der Waals surface area contributed by atoms with Crippen LogP contribution in [0.3, 0.4) is 0 Å². The van der Waals surface area contributed by atoms with Crippen molar-refractivity contribution in [2.75, 3.05) is 31.6 Å². The molecular formula is C23H26FN5O3. The summed E-state index contributed by atoms with van der Waals surface area (Å²) in [5.41, 5.74) is 1.13. The maximum absolute atomic E-state index is 14.2. The minimum absolute atomic E-state index is 0.0167. The first-order valence-electron chi connectivity index (χ1n) is 10.5. The van der Waals surface area contributed by atoms with Crippen molar-refractivity contribution >= 4 is 11.9 Å². The van der Waals surface area contributed by atoms with E-state index in [0.717, 1.165) is 18.3 Å². The summed E-state index contributed by atoms with van der Waals surface area (Å²) in [4.78, 5) is 36.2. The van der Waals surface area contributed by atoms with Crippen LogP contribution in [0.4, 0.5) is 10.3 Å². The fraction of sp³-hybridized carbons (Fsp3) is 0.391. The molecule has 32 heavy (non-hydrogen) atoms. The minimum Gasteiger partial charge on any atom is -0.374 e. The van der Waals surface area contributed by atoms with Crippen molar-refractivity contribution < 1.29 is 13.9 Å². The average Bonchev–Trinajstić information content (AvgIpc) is 2.81. The summed E-state index contributed by atoms with van der Waals surface area (Å²) in [6, 6.07) is 2.85. The Morgan fingerprint density at radius 3 is 2.88 bits per heavy atom. The summed E-state index contributed by atoms with van der Waals surface area (Å²) in [6.07, 6.45) is 9.28. The van der Waals surface area contributed by atoms with Crippen molar-refractivity contribution in [3.05, 3.63) is 64.6 Å². The third-order valence-electron chi connectivity index (χ3n) is 5.99. The third-order valence-corrected chi connectivity index (χ3v) is 5.99. The summed E-state index contributed by atoms with van der Waals surface area (Å²) >= 11 is 0. The summed E-state index contributed by atoms with van der Waals surface area (Å²) < 4.78 is 21.7. The van der Waals surface area contributed by atoms with Crippen molar-refractivity contribution in [2.45, 2.75) is 19.4 Å². The normalized spacial score (nSPS) is 20.8. The van der Waals surface area contributed by atoms with Gasteiger partial charge in [0.15, 0.2) is 5.82 Å². The fourth-order valence-corrected chi connectivity index (χ4v) is 3.98. The zero-order chi connectivity index (χ0) is 22.8. The lowest BCUT2D eigenvalue weighted by atomic mass is 9.92. The Labute approximate surface area is 185 Å². The van der Waals surface area contributed by atoms with Crippen LogP contribution in [-0.4, -0.2) is 58.2 Å². The molecule has 1 amide bonds. The highest BCUT2D eigenvalue weighted by Crippen LogP contribution is 2.27. The average molecular weight is 439 g/mol. The van der Waals surface area contributed by atoms with Gasteiger partial charge in [-0.05, 0) is 18.6 Å². The van der Waals surface area contributed by atoms with E-state index in [1.165, 1.54) is 29.8 Å². The SMILES string of the molecule is CC(=O)N(C)C1=CCC([C@H]2CN(c3nc(-c4ccncc4F)cc(=O)n3C)CCO2)C=C1. The van der Waals surface area contributed by atoms with Gasteiger partial charge >= 0.3 is 0 Å². The second-order valence-corrected chi connectivity index (χ2v) is 8.02. The van der Waals surface area contributed by atoms with Gasteiger partial charge in [-0.15, -0.1) is 0 Å². The monoisotopic (exact) mass is 439 g/mol. The van der Waals surface area contributed by atoms with Gasteiger partial charge in [-0.2, -0.15) is 0 Å². The first-order chi connectivity index (χ1) is 15.3. The molecule has 2 aromatic heterocycles. The Morgan fingerprint density at radius 1 is 1.38 bits per heavy atom. The van der Waals surface area contributed by atoms with E-state index in [-0.39, 0.29) is 34.7 Å². The Kier molecular flexibility index (Phi) is 6.18. The maximum atomic E-state index is 14.2. The molecule has 3 heterocycles. The van der Waals surface area contributed by atoms with Crippen LogP contribution in [0.5, 0.6) is 0 Å². The lowest BCUT2D eigenvalue weighted by Gasteiger charge is -2.37. The minimum atomic E-state index is -0.524. The van der Waals surface area contributed by atoms with Gasteiger partial charge < -0.3 is 14.5 Å². The van der Waals surface area contributed by atoms with E-state index in [1.807, 2.05) is 17.1 Å². The molecule has 2 aromatic rings. The number of halogens is 1. The Hall–Kier alpha value is -3.33. The van der Waals surface area contributed by atoms with Crippen LogP contribution < -0.4 is 10.5 Å². The molecule has 0 aromatic carbocycles. The highest BCUT2D eigenvalue weighted by atomic mass is 19.1. The Balaban J connectivity index is 1.56. The number of morpholine rings is 1. The van der Waals surface area contributed by atoms with Crippen LogP contribution in [0.25, 0.3) is 11.3 Å². The molecule has 1 fully saturated rings. The van der Waals surface area contributed by atoms with E-state index >= 15 is 0 Å². The number of allylic oxidation sites excluding steroid dienone is 2. The van der Waals surface area contributed by atoms with E-state index in [4.69, 9.17) is 4.74 Å². The summed E-state index contributed by atoms with van der Waals surface area (Å²) in [6.45, 7) is 3.14. The zero-order valence-electron chi connectivity index (χ0n) is 18.4. The molecule has 0 N–H and O–H groups in total. The number of ether oxygens (including phenoxy) is 1. The predicted octanol–water partition coefficient (Wildman–Crippen LogP) is 2.12. The van der Waals surface area contributed by atoms with E-state index in [0.29, 0.717) is 25.6 Å². The van der Waals surface area contributed by atoms with Crippen LogP contribution in [0.1, 0.15) is 13.3 Å². The van der Waals surface area contributed by atoms with Gasteiger partial charge in [0.1, 0.15) is 0 Å². The Morgan fingerprint density at radius 2 is 2.19 bits per heavy atom. The molecule has 9 heteroatoms. The molecule has 1 aliphatic heterocycles. The first-order valence-corrected chi connectivity index (χ1v) is 10.5. The summed E-state index contributed by atoms with van der Waals surface area (Å²) in [5, 5.41) is 0. The summed E-state index contributed by atoms with van der Waals surface area (Å²) in [7, 11) is 3.41. The number of hydrogen-bond acceptors (Lipinski definition) is 6. The van der Waals surface area contributed by atoms with Gasteiger partial charge in [0.25, 0.3) is 5.56 Å². The summed E-state index contributed by atoms with van der Waals surface area (Å²) in [5.74, 6) is 0.0746. The smallest absolute Gasteiger partial charge is 0.255 e. The molecule has 1 unspecified atom stereocenters. The molecule has 1 aliphatic carbocycles. The predicted molar refractivity (Wildman–Crippen MR) is 118 cm³/mol. The molecule has 2 aliphatic rings. The number of likely N-dealkylation sites (N-methyl/N-ethyl adjacent to an activating group) is 1. The van der Waals surface area contributed by atoms with Crippen molar-refractivity contribution in [1.29, 1.82) is 0 Å². The quantitative estimate of drug-likeness (QED) is 0.726. The van der Waals surface area contributed by atoms with E-state index < -0.39 is 5.82 Å². The van der Waals surface area contributed by atoms with Crippen molar-refractivity contribution in [2.24, 2.45) is 13.0 Å². The van der Waals surface area contributed by atoms with E-state index in [2.05, 4.69) is 16.0 Å². The van der Waals surface area contributed by atoms with Crippen LogP contribution in [0.2, 0.25) is 0 Å². The number of pyridine rings is 1.